The molecule has 0 spiro atoms. The number of nitrogens with one attached hydrogen (secondary N) is 1. The minimum atomic E-state index is -0.665. The van der Waals surface area contributed by atoms with Gasteiger partial charge in [-0.05, 0) is 56.9 Å². The van der Waals surface area contributed by atoms with Crippen LogP contribution >= 0.6 is 11.3 Å². The zero-order chi connectivity index (χ0) is 25.9. The molecular weight excluding hydrogens is 470 g/mol. The second kappa shape index (κ2) is 11.0. The number of aromatic amines is 1. The van der Waals surface area contributed by atoms with Crippen molar-refractivity contribution in [2.75, 3.05) is 13.2 Å². The molecule has 0 aliphatic rings. The van der Waals surface area contributed by atoms with Gasteiger partial charge < -0.3 is 14.8 Å². The van der Waals surface area contributed by atoms with Crippen LogP contribution in [0.4, 0.5) is 0 Å². The van der Waals surface area contributed by atoms with E-state index in [4.69, 9.17) is 9.72 Å². The molecule has 7 heteroatoms. The van der Waals surface area contributed by atoms with Crippen molar-refractivity contribution in [1.29, 1.82) is 0 Å². The Kier molecular flexibility index (Phi) is 8.05. The molecule has 2 N–H and O–H groups in total. The summed E-state index contributed by atoms with van der Waals surface area (Å²) in [4.78, 5) is 23.8. The second-order valence-corrected chi connectivity index (χ2v) is 11.2. The number of fused-ring (bicyclic) bond motifs is 1. The number of aromatic nitrogens is 2. The summed E-state index contributed by atoms with van der Waals surface area (Å²) in [5.41, 5.74) is 5.01. The van der Waals surface area contributed by atoms with E-state index in [2.05, 4.69) is 54.1 Å². The van der Waals surface area contributed by atoms with Crippen molar-refractivity contribution in [3.05, 3.63) is 86.8 Å². The number of ether oxygens (including phenoxy) is 1. The van der Waals surface area contributed by atoms with Gasteiger partial charge in [-0.25, -0.2) is 4.98 Å². The fourth-order valence-corrected chi connectivity index (χ4v) is 5.09. The molecule has 6 nitrogen and oxygen atoms in total. The Hall–Kier alpha value is -2.84. The topological polar surface area (TPSA) is 78.5 Å². The normalized spacial score (nSPS) is 13.0. The van der Waals surface area contributed by atoms with Crippen LogP contribution in [-0.4, -0.2) is 44.8 Å². The van der Waals surface area contributed by atoms with Crippen molar-refractivity contribution in [3.63, 3.8) is 0 Å². The molecule has 0 aliphatic heterocycles. The third-order valence-corrected chi connectivity index (χ3v) is 6.98. The van der Waals surface area contributed by atoms with Crippen LogP contribution in [0.25, 0.3) is 21.3 Å². The van der Waals surface area contributed by atoms with Gasteiger partial charge in [0.15, 0.2) is 0 Å². The first kappa shape index (κ1) is 26.2. The van der Waals surface area contributed by atoms with Gasteiger partial charge in [-0.2, -0.15) is 0 Å². The highest BCUT2D eigenvalue weighted by atomic mass is 32.1. The summed E-state index contributed by atoms with van der Waals surface area (Å²) >= 11 is 1.48. The Morgan fingerprint density at radius 2 is 1.83 bits per heavy atom. The van der Waals surface area contributed by atoms with Gasteiger partial charge in [0.05, 0.1) is 30.2 Å². The summed E-state index contributed by atoms with van der Waals surface area (Å²) in [7, 11) is 0. The number of thiophene rings is 1. The van der Waals surface area contributed by atoms with E-state index in [1.165, 1.54) is 22.5 Å². The minimum absolute atomic E-state index is 0.138. The first-order chi connectivity index (χ1) is 17.1. The van der Waals surface area contributed by atoms with E-state index in [0.717, 1.165) is 21.5 Å². The molecule has 1 atom stereocenters. The first-order valence-electron chi connectivity index (χ1n) is 12.3. The summed E-state index contributed by atoms with van der Waals surface area (Å²) in [6, 6.07) is 16.3. The maximum atomic E-state index is 13.2. The molecule has 4 rings (SSSR count). The predicted molar refractivity (Wildman–Crippen MR) is 147 cm³/mol. The van der Waals surface area contributed by atoms with Gasteiger partial charge in [0.1, 0.15) is 10.7 Å². The molecule has 0 bridgehead atoms. The molecule has 2 aromatic carbocycles. The summed E-state index contributed by atoms with van der Waals surface area (Å²) < 4.78 is 5.78. The molecule has 4 aromatic rings. The molecule has 0 amide bonds. The Morgan fingerprint density at radius 1 is 1.08 bits per heavy atom. The third-order valence-electron chi connectivity index (χ3n) is 6.11. The van der Waals surface area contributed by atoms with Gasteiger partial charge in [0.2, 0.25) is 0 Å². The lowest BCUT2D eigenvalue weighted by molar-refractivity contribution is -0.0574. The quantitative estimate of drug-likeness (QED) is 0.316. The lowest BCUT2D eigenvalue weighted by Gasteiger charge is -2.27. The molecule has 2 heterocycles. The van der Waals surface area contributed by atoms with Crippen molar-refractivity contribution in [2.45, 2.75) is 59.4 Å². The van der Waals surface area contributed by atoms with Crippen LogP contribution in [0.15, 0.2) is 58.7 Å². The van der Waals surface area contributed by atoms with Crippen LogP contribution in [0, 0.1) is 13.8 Å². The maximum Gasteiger partial charge on any atom is 0.260 e. The van der Waals surface area contributed by atoms with E-state index in [-0.39, 0.29) is 17.8 Å². The van der Waals surface area contributed by atoms with Gasteiger partial charge in [-0.1, -0.05) is 48.5 Å². The highest BCUT2D eigenvalue weighted by Gasteiger charge is 2.19. The van der Waals surface area contributed by atoms with Crippen LogP contribution in [0.1, 0.15) is 43.3 Å². The number of aliphatic hydroxyl groups is 1. The zero-order valence-electron chi connectivity index (χ0n) is 21.7. The monoisotopic (exact) mass is 505 g/mol. The molecule has 0 fully saturated rings. The Labute approximate surface area is 216 Å². The fraction of sp³-hybridized carbons (Fsp3) is 0.379. The molecule has 190 valence electrons. The average molecular weight is 506 g/mol. The molecule has 36 heavy (non-hydrogen) atoms. The third kappa shape index (κ3) is 6.68. The number of nitrogens with zero attached hydrogens (tertiary/aromatic N) is 2. The van der Waals surface area contributed by atoms with Gasteiger partial charge in [0, 0.05) is 24.0 Å². The first-order valence-corrected chi connectivity index (χ1v) is 13.1. The van der Waals surface area contributed by atoms with Crippen LogP contribution in [-0.2, 0) is 17.8 Å². The fourth-order valence-electron chi connectivity index (χ4n) is 4.13. The van der Waals surface area contributed by atoms with Crippen LogP contribution in [0.5, 0.6) is 0 Å². The van der Waals surface area contributed by atoms with Crippen molar-refractivity contribution >= 4 is 21.6 Å². The van der Waals surface area contributed by atoms with E-state index in [0.29, 0.717) is 30.8 Å². The molecule has 0 saturated carbocycles. The lowest BCUT2D eigenvalue weighted by atomic mass is 10.0. The number of hydrogen-bond acceptors (Lipinski definition) is 6. The standard InChI is InChI=1S/C29H35N3O3S/c1-19-11-12-22(13-20(19)2)24-18-36-28-26(24)27(34)30-25(31-28)16-32(14-21-9-7-6-8-10-21)15-23(33)17-35-29(3,4)5/h6-13,18,23,33H,14-17H2,1-5H3,(H,30,31,34). The highest BCUT2D eigenvalue weighted by molar-refractivity contribution is 7.17. The van der Waals surface area contributed by atoms with Crippen LogP contribution < -0.4 is 5.56 Å². The lowest BCUT2D eigenvalue weighted by Crippen LogP contribution is -2.37. The van der Waals surface area contributed by atoms with Gasteiger partial charge in [0.25, 0.3) is 5.56 Å². The van der Waals surface area contributed by atoms with Crippen molar-refractivity contribution in [3.8, 4) is 11.1 Å². The molecule has 0 saturated heterocycles. The van der Waals surface area contributed by atoms with Crippen molar-refractivity contribution < 1.29 is 9.84 Å². The minimum Gasteiger partial charge on any atom is -0.389 e. The van der Waals surface area contributed by atoms with Gasteiger partial charge >= 0.3 is 0 Å². The Morgan fingerprint density at radius 3 is 2.53 bits per heavy atom. The van der Waals surface area contributed by atoms with Crippen LogP contribution in [0.2, 0.25) is 0 Å². The van der Waals surface area contributed by atoms with Gasteiger partial charge in [-0.15, -0.1) is 11.3 Å². The van der Waals surface area contributed by atoms with Crippen molar-refractivity contribution in [2.24, 2.45) is 0 Å². The molecule has 0 radical (unpaired) electrons. The Balaban J connectivity index is 1.59. The summed E-state index contributed by atoms with van der Waals surface area (Å²) in [5.74, 6) is 0.584. The largest absolute Gasteiger partial charge is 0.389 e. The van der Waals surface area contributed by atoms with E-state index in [9.17, 15) is 9.90 Å². The number of H-pyrrole nitrogens is 1. The zero-order valence-corrected chi connectivity index (χ0v) is 22.5. The summed E-state index contributed by atoms with van der Waals surface area (Å²) in [6.07, 6.45) is -0.665. The van der Waals surface area contributed by atoms with E-state index >= 15 is 0 Å². The maximum absolute atomic E-state index is 13.2. The van der Waals surface area contributed by atoms with Crippen molar-refractivity contribution in [1.82, 2.24) is 14.9 Å². The number of rotatable bonds is 9. The van der Waals surface area contributed by atoms with E-state index in [1.54, 1.807) is 0 Å². The average Bonchev–Trinajstić information content (AvgIpc) is 3.24. The SMILES string of the molecule is Cc1ccc(-c2csc3nc(CN(Cc4ccccc4)CC(O)COC(C)(C)C)[nH]c(=O)c23)cc1C. The van der Waals surface area contributed by atoms with Gasteiger partial charge in [-0.3, -0.25) is 9.69 Å². The molecule has 2 aromatic heterocycles. The molecule has 1 unspecified atom stereocenters. The smallest absolute Gasteiger partial charge is 0.260 e. The predicted octanol–water partition coefficient (Wildman–Crippen LogP) is 5.45. The number of aliphatic hydroxyl groups excluding tert-OH is 1. The number of benzene rings is 2. The second-order valence-electron chi connectivity index (χ2n) is 10.4. The molecular formula is C29H35N3O3S. The number of aryl methyl sites for hydroxylation is 2. The van der Waals surface area contributed by atoms with E-state index < -0.39 is 6.10 Å². The van der Waals surface area contributed by atoms with E-state index in [1.807, 2.05) is 44.4 Å². The Bertz CT molecular complexity index is 1370. The van der Waals surface area contributed by atoms with Crippen LogP contribution in [0.3, 0.4) is 0 Å². The summed E-state index contributed by atoms with van der Waals surface area (Å²) in [5, 5.41) is 13.3. The highest BCUT2D eigenvalue weighted by Crippen LogP contribution is 2.31. The molecule has 0 aliphatic carbocycles. The number of hydrogen-bond donors (Lipinski definition) is 2. The summed E-state index contributed by atoms with van der Waals surface area (Å²) in [6.45, 7) is 11.7.